The summed E-state index contributed by atoms with van der Waals surface area (Å²) >= 11 is 3.50. The quantitative estimate of drug-likeness (QED) is 0.873. The van der Waals surface area contributed by atoms with Gasteiger partial charge in [0, 0.05) is 24.8 Å². The van der Waals surface area contributed by atoms with E-state index in [1.807, 2.05) is 18.3 Å². The van der Waals surface area contributed by atoms with Crippen LogP contribution in [0.4, 0.5) is 5.95 Å². The molecule has 2 N–H and O–H groups in total. The van der Waals surface area contributed by atoms with E-state index in [9.17, 15) is 0 Å². The Bertz CT molecular complexity index is 567. The zero-order valence-electron chi connectivity index (χ0n) is 10.3. The highest BCUT2D eigenvalue weighted by Crippen LogP contribution is 2.24. The van der Waals surface area contributed by atoms with Crippen molar-refractivity contribution in [2.75, 3.05) is 11.4 Å². The first-order valence-electron chi connectivity index (χ1n) is 6.18. The van der Waals surface area contributed by atoms with Crippen LogP contribution in [0.15, 0.2) is 22.8 Å². The molecule has 1 aliphatic heterocycles. The van der Waals surface area contributed by atoms with Crippen LogP contribution in [0.1, 0.15) is 19.8 Å². The second kappa shape index (κ2) is 4.51. The lowest BCUT2D eigenvalue weighted by molar-refractivity contribution is 0.424. The lowest BCUT2D eigenvalue weighted by atomic mass is 10.00. The zero-order chi connectivity index (χ0) is 12.7. The van der Waals surface area contributed by atoms with E-state index in [1.165, 1.54) is 0 Å². The Hall–Kier alpha value is -1.14. The number of fused-ring (bicyclic) bond motifs is 1. The molecule has 1 fully saturated rings. The molecule has 0 aromatic carbocycles. The fourth-order valence-electron chi connectivity index (χ4n) is 2.49. The Balaban J connectivity index is 1.97. The van der Waals surface area contributed by atoms with E-state index in [4.69, 9.17) is 5.73 Å². The number of halogens is 1. The number of rotatable bonds is 1. The number of hydrogen-bond donors (Lipinski definition) is 1. The standard InChI is InChI=1S/C12H16BrN5/c1-8-7-9(14)4-6-17(8)12-15-11-10(13)3-2-5-18(11)16-12/h2-3,5,8-9H,4,6-7,14H2,1H3. The van der Waals surface area contributed by atoms with Crippen LogP contribution >= 0.6 is 15.9 Å². The molecule has 1 aliphatic rings. The van der Waals surface area contributed by atoms with Crippen molar-refractivity contribution in [1.29, 1.82) is 0 Å². The summed E-state index contributed by atoms with van der Waals surface area (Å²) in [6, 6.07) is 4.62. The van der Waals surface area contributed by atoms with Crippen molar-refractivity contribution in [2.45, 2.75) is 31.8 Å². The smallest absolute Gasteiger partial charge is 0.245 e. The second-order valence-electron chi connectivity index (χ2n) is 4.86. The number of anilines is 1. The molecule has 3 rings (SSSR count). The third-order valence-electron chi connectivity index (χ3n) is 3.48. The number of hydrogen-bond acceptors (Lipinski definition) is 4. The lowest BCUT2D eigenvalue weighted by Gasteiger charge is -2.35. The molecule has 1 saturated heterocycles. The van der Waals surface area contributed by atoms with Crippen molar-refractivity contribution < 1.29 is 0 Å². The maximum absolute atomic E-state index is 5.98. The van der Waals surface area contributed by atoms with Crippen molar-refractivity contribution in [3.8, 4) is 0 Å². The Morgan fingerprint density at radius 1 is 1.50 bits per heavy atom. The predicted molar refractivity (Wildman–Crippen MR) is 74.7 cm³/mol. The molecular formula is C12H16BrN5. The second-order valence-corrected chi connectivity index (χ2v) is 5.72. The number of nitrogens with two attached hydrogens (primary N) is 1. The molecule has 2 aromatic heterocycles. The molecule has 2 aromatic rings. The highest BCUT2D eigenvalue weighted by Gasteiger charge is 2.26. The average Bonchev–Trinajstić information content (AvgIpc) is 2.74. The monoisotopic (exact) mass is 309 g/mol. The van der Waals surface area contributed by atoms with Gasteiger partial charge in [0.15, 0.2) is 5.65 Å². The zero-order valence-corrected chi connectivity index (χ0v) is 11.8. The van der Waals surface area contributed by atoms with Gasteiger partial charge in [-0.3, -0.25) is 0 Å². The minimum atomic E-state index is 0.306. The van der Waals surface area contributed by atoms with Crippen LogP contribution in [-0.4, -0.2) is 33.2 Å². The summed E-state index contributed by atoms with van der Waals surface area (Å²) in [6.45, 7) is 3.11. The maximum Gasteiger partial charge on any atom is 0.245 e. The highest BCUT2D eigenvalue weighted by molar-refractivity contribution is 9.10. The van der Waals surface area contributed by atoms with Crippen molar-refractivity contribution >= 4 is 27.5 Å². The normalized spacial score (nSPS) is 24.7. The summed E-state index contributed by atoms with van der Waals surface area (Å²) in [5.41, 5.74) is 6.84. The van der Waals surface area contributed by atoms with Gasteiger partial charge in [0.2, 0.25) is 5.95 Å². The van der Waals surface area contributed by atoms with Gasteiger partial charge in [0.1, 0.15) is 0 Å². The van der Waals surface area contributed by atoms with Gasteiger partial charge in [-0.15, -0.1) is 5.10 Å². The largest absolute Gasteiger partial charge is 0.337 e. The van der Waals surface area contributed by atoms with Crippen molar-refractivity contribution in [1.82, 2.24) is 14.6 Å². The number of pyridine rings is 1. The average molecular weight is 310 g/mol. The van der Waals surface area contributed by atoms with Gasteiger partial charge in [-0.2, -0.15) is 4.98 Å². The summed E-state index contributed by atoms with van der Waals surface area (Å²) in [4.78, 5) is 6.84. The highest BCUT2D eigenvalue weighted by atomic mass is 79.9. The Morgan fingerprint density at radius 2 is 2.33 bits per heavy atom. The molecule has 96 valence electrons. The third kappa shape index (κ3) is 1.99. The van der Waals surface area contributed by atoms with Gasteiger partial charge < -0.3 is 10.6 Å². The summed E-state index contributed by atoms with van der Waals surface area (Å²) in [7, 11) is 0. The van der Waals surface area contributed by atoms with Crippen molar-refractivity contribution in [3.05, 3.63) is 22.8 Å². The molecule has 0 spiro atoms. The lowest BCUT2D eigenvalue weighted by Crippen LogP contribution is -2.46. The van der Waals surface area contributed by atoms with E-state index in [0.29, 0.717) is 12.1 Å². The van der Waals surface area contributed by atoms with Crippen molar-refractivity contribution in [2.24, 2.45) is 5.73 Å². The molecule has 2 atom stereocenters. The molecule has 0 amide bonds. The molecule has 5 nitrogen and oxygen atoms in total. The SMILES string of the molecule is CC1CC(N)CCN1c1nc2c(Br)cccn2n1. The van der Waals surface area contributed by atoms with Crippen LogP contribution < -0.4 is 10.6 Å². The summed E-state index contributed by atoms with van der Waals surface area (Å²) < 4.78 is 2.77. The van der Waals surface area contributed by atoms with E-state index in [0.717, 1.165) is 35.5 Å². The Labute approximate surface area is 114 Å². The first kappa shape index (κ1) is 11.9. The first-order chi connectivity index (χ1) is 8.65. The number of piperidine rings is 1. The van der Waals surface area contributed by atoms with Gasteiger partial charge in [0.05, 0.1) is 4.47 Å². The molecule has 6 heteroatoms. The Morgan fingerprint density at radius 3 is 3.06 bits per heavy atom. The minimum absolute atomic E-state index is 0.306. The number of nitrogens with zero attached hydrogens (tertiary/aromatic N) is 4. The van der Waals surface area contributed by atoms with Crippen LogP contribution in [0.2, 0.25) is 0 Å². The predicted octanol–water partition coefficient (Wildman–Crippen LogP) is 1.81. The fraction of sp³-hybridized carbons (Fsp3) is 0.500. The Kier molecular flexibility index (Phi) is 2.99. The van der Waals surface area contributed by atoms with Gasteiger partial charge in [0.25, 0.3) is 0 Å². The molecule has 0 aliphatic carbocycles. The molecule has 0 bridgehead atoms. The van der Waals surface area contributed by atoms with Gasteiger partial charge >= 0.3 is 0 Å². The summed E-state index contributed by atoms with van der Waals surface area (Å²) in [5, 5.41) is 4.53. The van der Waals surface area contributed by atoms with Gasteiger partial charge in [-0.05, 0) is 47.8 Å². The molecular weight excluding hydrogens is 294 g/mol. The molecule has 0 saturated carbocycles. The van der Waals surface area contributed by atoms with Crippen molar-refractivity contribution in [3.63, 3.8) is 0 Å². The van der Waals surface area contributed by atoms with E-state index in [1.54, 1.807) is 4.52 Å². The van der Waals surface area contributed by atoms with Gasteiger partial charge in [-0.25, -0.2) is 4.52 Å². The van der Waals surface area contributed by atoms with Crippen LogP contribution in [-0.2, 0) is 0 Å². The molecule has 0 radical (unpaired) electrons. The topological polar surface area (TPSA) is 59.5 Å². The van der Waals surface area contributed by atoms with Crippen LogP contribution in [0, 0.1) is 0 Å². The fourth-order valence-corrected chi connectivity index (χ4v) is 2.91. The van der Waals surface area contributed by atoms with E-state index in [-0.39, 0.29) is 0 Å². The van der Waals surface area contributed by atoms with E-state index >= 15 is 0 Å². The molecule has 3 heterocycles. The van der Waals surface area contributed by atoms with E-state index < -0.39 is 0 Å². The van der Waals surface area contributed by atoms with Crippen LogP contribution in [0.3, 0.4) is 0 Å². The summed E-state index contributed by atoms with van der Waals surface area (Å²) in [6.07, 6.45) is 3.91. The molecule has 2 unspecified atom stereocenters. The maximum atomic E-state index is 5.98. The van der Waals surface area contributed by atoms with Crippen LogP contribution in [0.25, 0.3) is 5.65 Å². The third-order valence-corrected chi connectivity index (χ3v) is 4.10. The number of aromatic nitrogens is 3. The first-order valence-corrected chi connectivity index (χ1v) is 6.97. The van der Waals surface area contributed by atoms with E-state index in [2.05, 4.69) is 37.8 Å². The molecule has 18 heavy (non-hydrogen) atoms. The van der Waals surface area contributed by atoms with Crippen LogP contribution in [0.5, 0.6) is 0 Å². The van der Waals surface area contributed by atoms with Gasteiger partial charge in [-0.1, -0.05) is 0 Å². The minimum Gasteiger partial charge on any atom is -0.337 e. The summed E-state index contributed by atoms with van der Waals surface area (Å²) in [5.74, 6) is 0.793.